The fourth-order valence-electron chi connectivity index (χ4n) is 1.25. The van der Waals surface area contributed by atoms with Gasteiger partial charge in [0.15, 0.2) is 0 Å². The number of hydrogen-bond donors (Lipinski definition) is 2. The number of nitrogens with one attached hydrogen (secondary N) is 2. The highest BCUT2D eigenvalue weighted by atomic mass is 79.9. The van der Waals surface area contributed by atoms with E-state index < -0.39 is 11.7 Å². The number of aromatic nitrogens is 3. The molecule has 1 aromatic heterocycles. The van der Waals surface area contributed by atoms with Crippen LogP contribution >= 0.6 is 15.9 Å². The zero-order valence-corrected chi connectivity index (χ0v) is 10.4. The second kappa shape index (κ2) is 4.62. The van der Waals surface area contributed by atoms with E-state index in [4.69, 9.17) is 0 Å². The van der Waals surface area contributed by atoms with E-state index in [2.05, 4.69) is 36.4 Å². The van der Waals surface area contributed by atoms with Crippen molar-refractivity contribution in [1.29, 1.82) is 0 Å². The lowest BCUT2D eigenvalue weighted by Gasteiger charge is -2.03. The maximum atomic E-state index is 13.2. The van der Waals surface area contributed by atoms with Crippen molar-refractivity contribution >= 4 is 27.8 Å². The van der Waals surface area contributed by atoms with E-state index >= 15 is 0 Å². The lowest BCUT2D eigenvalue weighted by molar-refractivity contribution is 0.102. The van der Waals surface area contributed by atoms with Crippen molar-refractivity contribution in [2.75, 3.05) is 5.32 Å². The number of aromatic amines is 1. The normalized spacial score (nSPS) is 10.3. The van der Waals surface area contributed by atoms with E-state index in [1.807, 2.05) is 0 Å². The summed E-state index contributed by atoms with van der Waals surface area (Å²) in [5.41, 5.74) is 0.187. The number of rotatable bonds is 2. The highest BCUT2D eigenvalue weighted by molar-refractivity contribution is 9.10. The predicted molar refractivity (Wildman–Crippen MR) is 63.2 cm³/mol. The van der Waals surface area contributed by atoms with Crippen LogP contribution in [0.5, 0.6) is 0 Å². The molecular weight excluding hydrogens is 291 g/mol. The van der Waals surface area contributed by atoms with Gasteiger partial charge < -0.3 is 0 Å². The zero-order valence-electron chi connectivity index (χ0n) is 8.79. The maximum Gasteiger partial charge on any atom is 0.259 e. The van der Waals surface area contributed by atoms with Gasteiger partial charge in [-0.05, 0) is 35.0 Å². The first kappa shape index (κ1) is 11.7. The minimum Gasteiger partial charge on any atom is -0.289 e. The van der Waals surface area contributed by atoms with Crippen molar-refractivity contribution < 1.29 is 9.18 Å². The molecule has 1 heterocycles. The van der Waals surface area contributed by atoms with Crippen molar-refractivity contribution in [3.8, 4) is 0 Å². The molecule has 5 nitrogen and oxygen atoms in total. The molecular formula is C10H8BrFN4O. The molecule has 0 aliphatic carbocycles. The third-order valence-electron chi connectivity index (χ3n) is 2.02. The molecule has 0 fully saturated rings. The van der Waals surface area contributed by atoms with Crippen LogP contribution in [0.1, 0.15) is 16.2 Å². The van der Waals surface area contributed by atoms with E-state index in [9.17, 15) is 9.18 Å². The Kier molecular flexibility index (Phi) is 3.19. The number of nitrogens with zero attached hydrogens (tertiary/aromatic N) is 2. The lowest BCUT2D eigenvalue weighted by atomic mass is 10.2. The highest BCUT2D eigenvalue weighted by Gasteiger charge is 2.14. The van der Waals surface area contributed by atoms with Gasteiger partial charge in [-0.1, -0.05) is 6.07 Å². The minimum atomic E-state index is -0.496. The van der Waals surface area contributed by atoms with Gasteiger partial charge in [0.05, 0.1) is 10.0 Å². The Morgan fingerprint density at radius 1 is 1.53 bits per heavy atom. The van der Waals surface area contributed by atoms with E-state index in [1.165, 1.54) is 18.2 Å². The van der Waals surface area contributed by atoms with Gasteiger partial charge in [0, 0.05) is 0 Å². The summed E-state index contributed by atoms with van der Waals surface area (Å²) in [6.07, 6.45) is 0. The van der Waals surface area contributed by atoms with Crippen molar-refractivity contribution in [3.05, 3.63) is 39.9 Å². The number of amides is 1. The van der Waals surface area contributed by atoms with Crippen LogP contribution in [-0.2, 0) is 0 Å². The molecule has 2 aromatic rings. The molecule has 7 heteroatoms. The van der Waals surface area contributed by atoms with Crippen molar-refractivity contribution in [3.63, 3.8) is 0 Å². The first-order chi connectivity index (χ1) is 8.08. The van der Waals surface area contributed by atoms with Crippen LogP contribution < -0.4 is 5.32 Å². The number of carbonyl (C=O) groups is 1. The number of aryl methyl sites for hydroxylation is 1. The molecule has 0 saturated carbocycles. The van der Waals surface area contributed by atoms with Gasteiger partial charge in [-0.3, -0.25) is 15.2 Å². The van der Waals surface area contributed by atoms with Crippen molar-refractivity contribution in [2.24, 2.45) is 0 Å². The third kappa shape index (κ3) is 2.50. The van der Waals surface area contributed by atoms with Crippen LogP contribution in [0, 0.1) is 12.7 Å². The van der Waals surface area contributed by atoms with E-state index in [-0.39, 0.29) is 16.0 Å². The maximum absolute atomic E-state index is 13.2. The quantitative estimate of drug-likeness (QED) is 0.893. The van der Waals surface area contributed by atoms with Gasteiger partial charge in [0.25, 0.3) is 5.91 Å². The number of hydrogen-bond acceptors (Lipinski definition) is 3. The summed E-state index contributed by atoms with van der Waals surface area (Å²) in [7, 11) is 0. The largest absolute Gasteiger partial charge is 0.289 e. The van der Waals surface area contributed by atoms with Crippen LogP contribution in [0.2, 0.25) is 0 Å². The molecule has 0 saturated heterocycles. The summed E-state index contributed by atoms with van der Waals surface area (Å²) in [5, 5.41) is 8.80. The molecule has 0 bridgehead atoms. The molecule has 0 unspecified atom stereocenters. The molecule has 0 aliphatic heterocycles. The van der Waals surface area contributed by atoms with Crippen LogP contribution in [-0.4, -0.2) is 21.1 Å². The Morgan fingerprint density at radius 2 is 2.29 bits per heavy atom. The predicted octanol–water partition coefficient (Wildman–Crippen LogP) is 2.27. The first-order valence-corrected chi connectivity index (χ1v) is 5.51. The summed E-state index contributed by atoms with van der Waals surface area (Å²) < 4.78 is 13.3. The number of anilines is 1. The molecule has 1 aromatic carbocycles. The van der Waals surface area contributed by atoms with Crippen molar-refractivity contribution in [2.45, 2.75) is 6.92 Å². The SMILES string of the molecule is Cc1nc(NC(=O)c2cccc(F)c2Br)n[nH]1. The summed E-state index contributed by atoms with van der Waals surface area (Å²) in [6.45, 7) is 1.71. The van der Waals surface area contributed by atoms with E-state index in [0.717, 1.165) is 0 Å². The van der Waals surface area contributed by atoms with Gasteiger partial charge in [-0.15, -0.1) is 5.10 Å². The average Bonchev–Trinajstić information content (AvgIpc) is 2.68. The molecule has 88 valence electrons. The molecule has 2 N–H and O–H groups in total. The van der Waals surface area contributed by atoms with Crippen LogP contribution in [0.15, 0.2) is 22.7 Å². The Morgan fingerprint density at radius 3 is 2.94 bits per heavy atom. The fourth-order valence-corrected chi connectivity index (χ4v) is 1.69. The molecule has 0 spiro atoms. The topological polar surface area (TPSA) is 70.7 Å². The second-order valence-electron chi connectivity index (χ2n) is 3.30. The Labute approximate surface area is 105 Å². The summed E-state index contributed by atoms with van der Waals surface area (Å²) in [6, 6.07) is 4.22. The standard InChI is InChI=1S/C10H8BrFN4O/c1-5-13-10(16-15-5)14-9(17)6-3-2-4-7(12)8(6)11/h2-4H,1H3,(H2,13,14,15,16,17). The molecule has 2 rings (SSSR count). The summed E-state index contributed by atoms with van der Waals surface area (Å²) in [4.78, 5) is 15.7. The first-order valence-electron chi connectivity index (χ1n) is 4.72. The number of benzene rings is 1. The Balaban J connectivity index is 2.23. The highest BCUT2D eigenvalue weighted by Crippen LogP contribution is 2.20. The molecule has 1 amide bonds. The van der Waals surface area contributed by atoms with E-state index in [1.54, 1.807) is 6.92 Å². The van der Waals surface area contributed by atoms with Gasteiger partial charge >= 0.3 is 0 Å². The van der Waals surface area contributed by atoms with Crippen LogP contribution in [0.25, 0.3) is 0 Å². The average molecular weight is 299 g/mol. The number of carbonyl (C=O) groups excluding carboxylic acids is 1. The molecule has 17 heavy (non-hydrogen) atoms. The van der Waals surface area contributed by atoms with Gasteiger partial charge in [0.1, 0.15) is 11.6 Å². The Hall–Kier alpha value is -1.76. The monoisotopic (exact) mass is 298 g/mol. The number of H-pyrrole nitrogens is 1. The Bertz CT molecular complexity index is 569. The fraction of sp³-hybridized carbons (Fsp3) is 0.100. The van der Waals surface area contributed by atoms with E-state index in [0.29, 0.717) is 5.82 Å². The van der Waals surface area contributed by atoms with Crippen molar-refractivity contribution in [1.82, 2.24) is 15.2 Å². The van der Waals surface area contributed by atoms with Gasteiger partial charge in [0.2, 0.25) is 5.95 Å². The minimum absolute atomic E-state index is 0.116. The summed E-state index contributed by atoms with van der Waals surface area (Å²) >= 11 is 3.01. The number of halogens is 2. The second-order valence-corrected chi connectivity index (χ2v) is 4.09. The zero-order chi connectivity index (χ0) is 12.4. The van der Waals surface area contributed by atoms with Gasteiger partial charge in [-0.25, -0.2) is 4.39 Å². The third-order valence-corrected chi connectivity index (χ3v) is 2.82. The van der Waals surface area contributed by atoms with Crippen LogP contribution in [0.3, 0.4) is 0 Å². The van der Waals surface area contributed by atoms with Crippen LogP contribution in [0.4, 0.5) is 10.3 Å². The molecule has 0 radical (unpaired) electrons. The molecule has 0 aliphatic rings. The molecule has 0 atom stereocenters. The van der Waals surface area contributed by atoms with Gasteiger partial charge in [-0.2, -0.15) is 4.98 Å². The smallest absolute Gasteiger partial charge is 0.259 e. The lowest BCUT2D eigenvalue weighted by Crippen LogP contribution is -2.14. The summed E-state index contributed by atoms with van der Waals surface area (Å²) in [5.74, 6) is -0.235.